The van der Waals surface area contributed by atoms with E-state index in [1.807, 2.05) is 0 Å². The molecule has 0 saturated carbocycles. The molecule has 0 spiro atoms. The highest BCUT2D eigenvalue weighted by molar-refractivity contribution is 5.92. The summed E-state index contributed by atoms with van der Waals surface area (Å²) in [6.45, 7) is 4.68. The molecule has 0 aliphatic heterocycles. The summed E-state index contributed by atoms with van der Waals surface area (Å²) in [7, 11) is 0. The third-order valence-electron chi connectivity index (χ3n) is 5.72. The molecule has 0 fully saturated rings. The molecule has 4 rings (SSSR count). The molecule has 0 N–H and O–H groups in total. The SMILES string of the molecule is CCCCC(C)c1ccccc1C1Cc2cccc3cccc1c23. The minimum absolute atomic E-state index is 0.520. The molecule has 0 amide bonds. The van der Waals surface area contributed by atoms with Crippen LogP contribution in [0.15, 0.2) is 60.7 Å². The number of unbranched alkanes of at least 4 members (excludes halogenated alkanes) is 1. The van der Waals surface area contributed by atoms with Crippen molar-refractivity contribution in [2.75, 3.05) is 0 Å². The van der Waals surface area contributed by atoms with Crippen LogP contribution in [0.1, 0.15) is 67.2 Å². The third-order valence-corrected chi connectivity index (χ3v) is 5.72. The predicted molar refractivity (Wildman–Crippen MR) is 104 cm³/mol. The Morgan fingerprint density at radius 2 is 1.67 bits per heavy atom. The fraction of sp³-hybridized carbons (Fsp3) is 0.333. The van der Waals surface area contributed by atoms with Crippen LogP contribution in [0.5, 0.6) is 0 Å². The molecular weight excluding hydrogens is 288 g/mol. The average molecular weight is 314 g/mol. The molecule has 0 heteroatoms. The van der Waals surface area contributed by atoms with Gasteiger partial charge in [-0.05, 0) is 51.8 Å². The van der Waals surface area contributed by atoms with Crippen LogP contribution in [-0.4, -0.2) is 0 Å². The highest BCUT2D eigenvalue weighted by Gasteiger charge is 2.27. The minimum atomic E-state index is 0.520. The summed E-state index contributed by atoms with van der Waals surface area (Å²) in [6, 6.07) is 22.7. The maximum atomic E-state index is 2.40. The highest BCUT2D eigenvalue weighted by Crippen LogP contribution is 2.44. The summed E-state index contributed by atoms with van der Waals surface area (Å²) < 4.78 is 0. The standard InChI is InChI=1S/C24H26/c1-3-4-9-17(2)20-13-5-6-14-21(20)23-16-19-12-7-10-18-11-8-15-22(23)24(18)19/h5-8,10-15,17,23H,3-4,9,16H2,1-2H3. The Kier molecular flexibility index (Phi) is 4.14. The van der Waals surface area contributed by atoms with E-state index in [2.05, 4.69) is 74.5 Å². The first-order chi connectivity index (χ1) is 11.8. The monoisotopic (exact) mass is 314 g/mol. The third kappa shape index (κ3) is 2.55. The van der Waals surface area contributed by atoms with Gasteiger partial charge in [0, 0.05) is 5.92 Å². The predicted octanol–water partition coefficient (Wildman–Crippen LogP) is 6.82. The van der Waals surface area contributed by atoms with Crippen LogP contribution in [0.4, 0.5) is 0 Å². The largest absolute Gasteiger partial charge is 0.0654 e. The number of hydrogen-bond donors (Lipinski definition) is 0. The quantitative estimate of drug-likeness (QED) is 0.484. The van der Waals surface area contributed by atoms with Crippen molar-refractivity contribution < 1.29 is 0 Å². The van der Waals surface area contributed by atoms with Gasteiger partial charge in [-0.15, -0.1) is 0 Å². The Bertz CT molecular complexity index is 854. The van der Waals surface area contributed by atoms with Crippen LogP contribution in [0.25, 0.3) is 10.8 Å². The molecule has 0 radical (unpaired) electrons. The zero-order valence-electron chi connectivity index (χ0n) is 14.8. The van der Waals surface area contributed by atoms with Crippen molar-refractivity contribution in [3.05, 3.63) is 82.9 Å². The van der Waals surface area contributed by atoms with Gasteiger partial charge in [0.2, 0.25) is 0 Å². The van der Waals surface area contributed by atoms with E-state index in [1.54, 1.807) is 11.1 Å². The second-order valence-corrected chi connectivity index (χ2v) is 7.29. The van der Waals surface area contributed by atoms with E-state index in [0.29, 0.717) is 11.8 Å². The van der Waals surface area contributed by atoms with Gasteiger partial charge in [-0.25, -0.2) is 0 Å². The molecule has 0 aromatic heterocycles. The summed E-state index contributed by atoms with van der Waals surface area (Å²) in [5.74, 6) is 1.16. The van der Waals surface area contributed by atoms with E-state index >= 15 is 0 Å². The lowest BCUT2D eigenvalue weighted by atomic mass is 9.83. The molecule has 122 valence electrons. The fourth-order valence-corrected chi connectivity index (χ4v) is 4.46. The second-order valence-electron chi connectivity index (χ2n) is 7.29. The first-order valence-corrected chi connectivity index (χ1v) is 9.39. The molecule has 3 aromatic rings. The second kappa shape index (κ2) is 6.43. The van der Waals surface area contributed by atoms with Crippen molar-refractivity contribution in [1.29, 1.82) is 0 Å². The van der Waals surface area contributed by atoms with Crippen molar-refractivity contribution in [3.63, 3.8) is 0 Å². The van der Waals surface area contributed by atoms with Crippen LogP contribution in [0.3, 0.4) is 0 Å². The Hall–Kier alpha value is -2.08. The lowest BCUT2D eigenvalue weighted by Crippen LogP contribution is -2.06. The van der Waals surface area contributed by atoms with Crippen molar-refractivity contribution in [3.8, 4) is 0 Å². The van der Waals surface area contributed by atoms with E-state index in [4.69, 9.17) is 0 Å². The fourth-order valence-electron chi connectivity index (χ4n) is 4.46. The molecule has 0 nitrogen and oxygen atoms in total. The van der Waals surface area contributed by atoms with Crippen LogP contribution in [0, 0.1) is 0 Å². The van der Waals surface area contributed by atoms with Crippen molar-refractivity contribution in [1.82, 2.24) is 0 Å². The lowest BCUT2D eigenvalue weighted by molar-refractivity contribution is 0.615. The molecule has 24 heavy (non-hydrogen) atoms. The van der Waals surface area contributed by atoms with Gasteiger partial charge >= 0.3 is 0 Å². The topological polar surface area (TPSA) is 0 Å². The number of rotatable bonds is 5. The summed E-state index contributed by atoms with van der Waals surface area (Å²) in [5, 5.41) is 2.89. The first-order valence-electron chi connectivity index (χ1n) is 9.39. The molecule has 0 bridgehead atoms. The van der Waals surface area contributed by atoms with E-state index in [0.717, 1.165) is 6.42 Å². The molecular formula is C24H26. The molecule has 2 unspecified atom stereocenters. The lowest BCUT2D eigenvalue weighted by Gasteiger charge is -2.21. The van der Waals surface area contributed by atoms with E-state index in [-0.39, 0.29) is 0 Å². The van der Waals surface area contributed by atoms with Gasteiger partial charge in [0.1, 0.15) is 0 Å². The van der Waals surface area contributed by atoms with Crippen LogP contribution in [-0.2, 0) is 6.42 Å². The first kappa shape index (κ1) is 15.4. The molecule has 2 atom stereocenters. The van der Waals surface area contributed by atoms with Gasteiger partial charge < -0.3 is 0 Å². The van der Waals surface area contributed by atoms with Gasteiger partial charge in [0.05, 0.1) is 0 Å². The Balaban J connectivity index is 1.78. The number of hydrogen-bond acceptors (Lipinski definition) is 0. The van der Waals surface area contributed by atoms with Crippen LogP contribution >= 0.6 is 0 Å². The average Bonchev–Trinajstić information content (AvgIpc) is 3.01. The smallest absolute Gasteiger partial charge is 0.0139 e. The maximum absolute atomic E-state index is 2.40. The normalized spacial score (nSPS) is 17.3. The van der Waals surface area contributed by atoms with Gasteiger partial charge in [-0.3, -0.25) is 0 Å². The molecule has 0 saturated heterocycles. The van der Waals surface area contributed by atoms with E-state index < -0.39 is 0 Å². The van der Waals surface area contributed by atoms with Crippen molar-refractivity contribution in [2.45, 2.75) is 51.4 Å². The summed E-state index contributed by atoms with van der Waals surface area (Å²) in [4.78, 5) is 0. The molecule has 1 aliphatic rings. The summed E-state index contributed by atoms with van der Waals surface area (Å²) >= 11 is 0. The van der Waals surface area contributed by atoms with Gasteiger partial charge in [0.15, 0.2) is 0 Å². The van der Waals surface area contributed by atoms with Gasteiger partial charge in [0.25, 0.3) is 0 Å². The van der Waals surface area contributed by atoms with Crippen LogP contribution in [0.2, 0.25) is 0 Å². The zero-order valence-corrected chi connectivity index (χ0v) is 14.8. The minimum Gasteiger partial charge on any atom is -0.0654 e. The van der Waals surface area contributed by atoms with Crippen molar-refractivity contribution >= 4 is 10.8 Å². The number of benzene rings is 3. The Labute approximate surface area is 145 Å². The van der Waals surface area contributed by atoms with E-state index in [9.17, 15) is 0 Å². The highest BCUT2D eigenvalue weighted by atomic mass is 14.3. The van der Waals surface area contributed by atoms with Crippen LogP contribution < -0.4 is 0 Å². The van der Waals surface area contributed by atoms with E-state index in [1.165, 1.54) is 41.2 Å². The maximum Gasteiger partial charge on any atom is 0.0139 e. The molecule has 3 aromatic carbocycles. The van der Waals surface area contributed by atoms with Gasteiger partial charge in [-0.1, -0.05) is 87.4 Å². The van der Waals surface area contributed by atoms with Crippen molar-refractivity contribution in [2.24, 2.45) is 0 Å². The molecule has 1 aliphatic carbocycles. The molecule has 0 heterocycles. The zero-order chi connectivity index (χ0) is 16.5. The Morgan fingerprint density at radius 3 is 2.50 bits per heavy atom. The summed E-state index contributed by atoms with van der Waals surface area (Å²) in [5.41, 5.74) is 6.15. The summed E-state index contributed by atoms with van der Waals surface area (Å²) in [6.07, 6.45) is 5.03. The Morgan fingerprint density at radius 1 is 0.917 bits per heavy atom. The van der Waals surface area contributed by atoms with Gasteiger partial charge in [-0.2, -0.15) is 0 Å².